The predicted octanol–water partition coefficient (Wildman–Crippen LogP) is 5.94. The first-order valence-electron chi connectivity index (χ1n) is 10.3. The number of nitrogens with zero attached hydrogens (tertiary/aromatic N) is 1. The maximum atomic E-state index is 12.9. The smallest absolute Gasteiger partial charge is 0.247 e. The number of carbonyl (C=O) groups excluding carboxylic acids is 3. The zero-order valence-electron chi connectivity index (χ0n) is 16.8. The van der Waals surface area contributed by atoms with E-state index in [4.69, 9.17) is 23.2 Å². The number of amides is 3. The molecule has 2 fully saturated rings. The Labute approximate surface area is 195 Å². The summed E-state index contributed by atoms with van der Waals surface area (Å²) in [5.74, 6) is -0.495. The highest BCUT2D eigenvalue weighted by Crippen LogP contribution is 2.40. The summed E-state index contributed by atoms with van der Waals surface area (Å²) in [6.07, 6.45) is 5.40. The molecule has 0 bridgehead atoms. The average Bonchev–Trinajstić information content (AvgIpc) is 3.03. The van der Waals surface area contributed by atoms with Crippen LogP contribution in [0.4, 0.5) is 11.4 Å². The van der Waals surface area contributed by atoms with Crippen LogP contribution in [-0.2, 0) is 14.4 Å². The molecular formula is C23H22Cl2N2O3S. The van der Waals surface area contributed by atoms with Gasteiger partial charge in [0.15, 0.2) is 0 Å². The molecule has 0 aromatic heterocycles. The molecule has 0 spiro atoms. The summed E-state index contributed by atoms with van der Waals surface area (Å²) < 4.78 is 0. The van der Waals surface area contributed by atoms with Crippen LogP contribution in [0.1, 0.15) is 38.5 Å². The van der Waals surface area contributed by atoms with Gasteiger partial charge in [-0.05, 0) is 49.2 Å². The monoisotopic (exact) mass is 476 g/mol. The van der Waals surface area contributed by atoms with Gasteiger partial charge in [-0.3, -0.25) is 14.4 Å². The minimum absolute atomic E-state index is 0.0731. The van der Waals surface area contributed by atoms with Crippen LogP contribution in [0.15, 0.2) is 47.4 Å². The Kier molecular flexibility index (Phi) is 6.89. The highest BCUT2D eigenvalue weighted by atomic mass is 35.5. The summed E-state index contributed by atoms with van der Waals surface area (Å²) in [5, 5.41) is 2.95. The van der Waals surface area contributed by atoms with Crippen molar-refractivity contribution >= 4 is 64.1 Å². The van der Waals surface area contributed by atoms with Crippen molar-refractivity contribution in [3.8, 4) is 0 Å². The van der Waals surface area contributed by atoms with Crippen molar-refractivity contribution < 1.29 is 14.4 Å². The van der Waals surface area contributed by atoms with Gasteiger partial charge in [-0.15, -0.1) is 11.8 Å². The molecular weight excluding hydrogens is 455 g/mol. The Morgan fingerprint density at radius 3 is 2.26 bits per heavy atom. The molecule has 3 amide bonds. The Morgan fingerprint density at radius 2 is 1.61 bits per heavy atom. The molecule has 2 aliphatic rings. The number of anilines is 2. The first kappa shape index (κ1) is 22.2. The van der Waals surface area contributed by atoms with Gasteiger partial charge in [0.2, 0.25) is 17.7 Å². The van der Waals surface area contributed by atoms with Gasteiger partial charge in [0.1, 0.15) is 0 Å². The van der Waals surface area contributed by atoms with Crippen LogP contribution < -0.4 is 10.2 Å². The number of carbonyl (C=O) groups is 3. The van der Waals surface area contributed by atoms with Crippen molar-refractivity contribution in [3.05, 3.63) is 52.5 Å². The fourth-order valence-corrected chi connectivity index (χ4v) is 5.64. The van der Waals surface area contributed by atoms with Crippen LogP contribution in [0.25, 0.3) is 0 Å². The first-order valence-corrected chi connectivity index (χ1v) is 12.0. The van der Waals surface area contributed by atoms with Crippen molar-refractivity contribution in [1.82, 2.24) is 0 Å². The molecule has 1 atom stereocenters. The molecule has 1 heterocycles. The second-order valence-electron chi connectivity index (χ2n) is 7.80. The van der Waals surface area contributed by atoms with E-state index >= 15 is 0 Å². The van der Waals surface area contributed by atoms with Crippen LogP contribution in [0, 0.1) is 5.92 Å². The van der Waals surface area contributed by atoms with Crippen LogP contribution in [0.3, 0.4) is 0 Å². The number of benzene rings is 2. The van der Waals surface area contributed by atoms with E-state index in [0.717, 1.165) is 41.2 Å². The normalized spacial score (nSPS) is 19.7. The number of para-hydroxylation sites is 1. The molecule has 0 unspecified atom stereocenters. The van der Waals surface area contributed by atoms with E-state index in [-0.39, 0.29) is 45.8 Å². The lowest BCUT2D eigenvalue weighted by Gasteiger charge is -2.20. The van der Waals surface area contributed by atoms with Crippen molar-refractivity contribution in [1.29, 1.82) is 0 Å². The molecule has 8 heteroatoms. The summed E-state index contributed by atoms with van der Waals surface area (Å²) >= 11 is 13.7. The average molecular weight is 477 g/mol. The van der Waals surface area contributed by atoms with Gasteiger partial charge < -0.3 is 5.32 Å². The molecule has 5 nitrogen and oxygen atoms in total. The zero-order valence-corrected chi connectivity index (χ0v) is 19.1. The highest BCUT2D eigenvalue weighted by Gasteiger charge is 2.41. The second-order valence-corrected chi connectivity index (χ2v) is 9.89. The Bertz CT molecular complexity index is 986. The number of imide groups is 1. The molecule has 1 saturated heterocycles. The number of rotatable bonds is 5. The van der Waals surface area contributed by atoms with Crippen molar-refractivity contribution in [3.63, 3.8) is 0 Å². The van der Waals surface area contributed by atoms with Crippen LogP contribution in [0.2, 0.25) is 10.0 Å². The minimum atomic E-state index is -0.553. The van der Waals surface area contributed by atoms with E-state index in [2.05, 4.69) is 5.32 Å². The summed E-state index contributed by atoms with van der Waals surface area (Å²) in [4.78, 5) is 39.8. The molecule has 1 saturated carbocycles. The van der Waals surface area contributed by atoms with E-state index in [1.807, 2.05) is 24.3 Å². The standard InChI is InChI=1S/C23H22Cl2N2O3S/c24-17-7-4-8-18(25)21(17)27-20(28)13-19(23(27)30)31-16-11-9-15(10-12-16)26-22(29)14-5-2-1-3-6-14/h4,7-12,14,19H,1-3,5-6,13H2,(H,26,29)/t19-/m1/s1. The molecule has 31 heavy (non-hydrogen) atoms. The first-order chi connectivity index (χ1) is 14.9. The Balaban J connectivity index is 1.41. The van der Waals surface area contributed by atoms with Gasteiger partial charge in [-0.25, -0.2) is 4.90 Å². The number of thioether (sulfide) groups is 1. The number of hydrogen-bond donors (Lipinski definition) is 1. The topological polar surface area (TPSA) is 66.5 Å². The van der Waals surface area contributed by atoms with E-state index in [1.165, 1.54) is 18.2 Å². The van der Waals surface area contributed by atoms with Gasteiger partial charge in [0.05, 0.1) is 21.0 Å². The van der Waals surface area contributed by atoms with Crippen molar-refractivity contribution in [2.24, 2.45) is 5.92 Å². The maximum Gasteiger partial charge on any atom is 0.247 e. The van der Waals surface area contributed by atoms with Gasteiger partial charge in [0.25, 0.3) is 0 Å². The summed E-state index contributed by atoms with van der Waals surface area (Å²) in [6, 6.07) is 12.2. The van der Waals surface area contributed by atoms with Crippen LogP contribution >= 0.6 is 35.0 Å². The Morgan fingerprint density at radius 1 is 0.968 bits per heavy atom. The van der Waals surface area contributed by atoms with Gasteiger partial charge in [-0.2, -0.15) is 0 Å². The van der Waals surface area contributed by atoms with Crippen LogP contribution in [0.5, 0.6) is 0 Å². The van der Waals surface area contributed by atoms with E-state index in [1.54, 1.807) is 18.2 Å². The Hall–Kier alpha value is -2.02. The molecule has 2 aromatic rings. The maximum absolute atomic E-state index is 12.9. The van der Waals surface area contributed by atoms with Gasteiger partial charge in [-0.1, -0.05) is 48.5 Å². The molecule has 1 N–H and O–H groups in total. The number of nitrogens with one attached hydrogen (secondary N) is 1. The minimum Gasteiger partial charge on any atom is -0.326 e. The molecule has 4 rings (SSSR count). The fourth-order valence-electron chi connectivity index (χ4n) is 4.02. The second kappa shape index (κ2) is 9.63. The fraction of sp³-hybridized carbons (Fsp3) is 0.348. The zero-order chi connectivity index (χ0) is 22.0. The quantitative estimate of drug-likeness (QED) is 0.542. The largest absolute Gasteiger partial charge is 0.326 e. The molecule has 2 aromatic carbocycles. The summed E-state index contributed by atoms with van der Waals surface area (Å²) in [7, 11) is 0. The van der Waals surface area contributed by atoms with Gasteiger partial charge >= 0.3 is 0 Å². The van der Waals surface area contributed by atoms with Crippen molar-refractivity contribution in [2.75, 3.05) is 10.2 Å². The van der Waals surface area contributed by atoms with Crippen LogP contribution in [-0.4, -0.2) is 23.0 Å². The summed E-state index contributed by atoms with van der Waals surface area (Å²) in [6.45, 7) is 0. The molecule has 162 valence electrons. The lowest BCUT2D eigenvalue weighted by atomic mass is 9.88. The third kappa shape index (κ3) is 4.92. The third-order valence-electron chi connectivity index (χ3n) is 5.64. The number of hydrogen-bond acceptors (Lipinski definition) is 4. The third-order valence-corrected chi connectivity index (χ3v) is 7.45. The van der Waals surface area contributed by atoms with E-state index < -0.39 is 5.25 Å². The van der Waals surface area contributed by atoms with E-state index in [0.29, 0.717) is 0 Å². The lowest BCUT2D eigenvalue weighted by Crippen LogP contribution is -2.31. The van der Waals surface area contributed by atoms with Gasteiger partial charge in [0, 0.05) is 22.9 Å². The summed E-state index contributed by atoms with van der Waals surface area (Å²) in [5.41, 5.74) is 0.975. The highest BCUT2D eigenvalue weighted by molar-refractivity contribution is 8.00. The molecule has 1 aliphatic heterocycles. The van der Waals surface area contributed by atoms with E-state index in [9.17, 15) is 14.4 Å². The molecule has 1 aliphatic carbocycles. The van der Waals surface area contributed by atoms with Crippen molar-refractivity contribution in [2.45, 2.75) is 48.7 Å². The SMILES string of the molecule is O=C(Nc1ccc(S[C@@H]2CC(=O)N(c3c(Cl)cccc3Cl)C2=O)cc1)C1CCCCC1. The predicted molar refractivity (Wildman–Crippen MR) is 125 cm³/mol. The lowest BCUT2D eigenvalue weighted by molar-refractivity contribution is -0.122. The molecule has 0 radical (unpaired) electrons. The number of halogens is 2.